The van der Waals surface area contributed by atoms with E-state index in [0.29, 0.717) is 11.3 Å². The van der Waals surface area contributed by atoms with Crippen molar-refractivity contribution >= 4 is 26.7 Å². The summed E-state index contributed by atoms with van der Waals surface area (Å²) in [7, 11) is 1.56. The van der Waals surface area contributed by atoms with Crippen molar-refractivity contribution in [3.63, 3.8) is 0 Å². The lowest BCUT2D eigenvalue weighted by Gasteiger charge is -2.08. The van der Waals surface area contributed by atoms with Crippen molar-refractivity contribution in [1.82, 2.24) is 0 Å². The third-order valence-corrected chi connectivity index (χ3v) is 3.02. The molecule has 3 nitrogen and oxygen atoms in total. The van der Waals surface area contributed by atoms with E-state index in [9.17, 15) is 0 Å². The number of nitriles is 1. The van der Waals surface area contributed by atoms with Gasteiger partial charge in [-0.25, -0.2) is 0 Å². The van der Waals surface area contributed by atoms with Crippen molar-refractivity contribution in [2.45, 2.75) is 0 Å². The third-order valence-electron chi connectivity index (χ3n) is 2.36. The molecule has 4 heteroatoms. The fourth-order valence-electron chi connectivity index (χ4n) is 1.65. The summed E-state index contributed by atoms with van der Waals surface area (Å²) >= 11 is 3.45. The normalized spacial score (nSPS) is 10.2. The molecule has 0 radical (unpaired) electrons. The Kier molecular flexibility index (Phi) is 3.62. The highest BCUT2D eigenvalue weighted by Gasteiger charge is 2.07. The molecule has 0 N–H and O–H groups in total. The second kappa shape index (κ2) is 5.17. The highest BCUT2D eigenvalue weighted by molar-refractivity contribution is 9.10. The highest BCUT2D eigenvalue weighted by atomic mass is 79.9. The molecule has 2 aromatic rings. The summed E-state index contributed by atoms with van der Waals surface area (Å²) in [5.41, 5.74) is 0.584. The zero-order chi connectivity index (χ0) is 12.3. The van der Waals surface area contributed by atoms with Gasteiger partial charge in [0.2, 0.25) is 0 Å². The standard InChI is InChI=1S/C13H10BrNO2/c1-16-8-17-11-5-9-3-2-4-12(14)13(9)10(6-11)7-15/h2-6H,8H2,1H3. The fraction of sp³-hybridized carbons (Fsp3) is 0.154. The van der Waals surface area contributed by atoms with Crippen molar-refractivity contribution in [2.75, 3.05) is 13.9 Å². The summed E-state index contributed by atoms with van der Waals surface area (Å²) in [6, 6.07) is 11.6. The SMILES string of the molecule is COCOc1cc(C#N)c2c(Br)cccc2c1. The van der Waals surface area contributed by atoms with Crippen LogP contribution in [-0.2, 0) is 4.74 Å². The van der Waals surface area contributed by atoms with Crippen LogP contribution >= 0.6 is 15.9 Å². The minimum Gasteiger partial charge on any atom is -0.468 e. The second-order valence-electron chi connectivity index (χ2n) is 3.47. The van der Waals surface area contributed by atoms with Gasteiger partial charge in [-0.1, -0.05) is 28.1 Å². The summed E-state index contributed by atoms with van der Waals surface area (Å²) in [5, 5.41) is 11.0. The number of hydrogen-bond acceptors (Lipinski definition) is 3. The van der Waals surface area contributed by atoms with Crippen LogP contribution in [-0.4, -0.2) is 13.9 Å². The van der Waals surface area contributed by atoms with E-state index >= 15 is 0 Å². The monoisotopic (exact) mass is 291 g/mol. The molecule has 2 aromatic carbocycles. The molecule has 0 heterocycles. The maximum absolute atomic E-state index is 9.15. The van der Waals surface area contributed by atoms with Gasteiger partial charge in [0.15, 0.2) is 6.79 Å². The number of methoxy groups -OCH3 is 1. The Labute approximate surface area is 108 Å². The van der Waals surface area contributed by atoms with Gasteiger partial charge in [0, 0.05) is 17.0 Å². The number of rotatable bonds is 3. The zero-order valence-electron chi connectivity index (χ0n) is 9.24. The number of nitrogens with zero attached hydrogens (tertiary/aromatic N) is 1. The molecular formula is C13H10BrNO2. The van der Waals surface area contributed by atoms with Crippen LogP contribution in [0, 0.1) is 11.3 Å². The average molecular weight is 292 g/mol. The summed E-state index contributed by atoms with van der Waals surface area (Å²) in [4.78, 5) is 0. The van der Waals surface area contributed by atoms with Gasteiger partial charge in [0.25, 0.3) is 0 Å². The van der Waals surface area contributed by atoms with Crippen LogP contribution in [0.4, 0.5) is 0 Å². The quantitative estimate of drug-likeness (QED) is 0.814. The molecule has 17 heavy (non-hydrogen) atoms. The molecule has 0 unspecified atom stereocenters. The van der Waals surface area contributed by atoms with E-state index in [1.165, 1.54) is 0 Å². The Balaban J connectivity index is 2.59. The van der Waals surface area contributed by atoms with Crippen molar-refractivity contribution < 1.29 is 9.47 Å². The van der Waals surface area contributed by atoms with Crippen LogP contribution < -0.4 is 4.74 Å². The van der Waals surface area contributed by atoms with Gasteiger partial charge < -0.3 is 9.47 Å². The lowest BCUT2D eigenvalue weighted by Crippen LogP contribution is -1.99. The van der Waals surface area contributed by atoms with Crippen molar-refractivity contribution in [1.29, 1.82) is 5.26 Å². The predicted octanol–water partition coefficient (Wildman–Crippen LogP) is 3.46. The number of hydrogen-bond donors (Lipinski definition) is 0. The highest BCUT2D eigenvalue weighted by Crippen LogP contribution is 2.30. The molecule has 0 fully saturated rings. The van der Waals surface area contributed by atoms with E-state index < -0.39 is 0 Å². The number of fused-ring (bicyclic) bond motifs is 1. The Morgan fingerprint density at radius 1 is 1.35 bits per heavy atom. The zero-order valence-corrected chi connectivity index (χ0v) is 10.8. The Morgan fingerprint density at radius 2 is 2.18 bits per heavy atom. The summed E-state index contributed by atoms with van der Waals surface area (Å²) in [5.74, 6) is 0.633. The van der Waals surface area contributed by atoms with Crippen molar-refractivity contribution in [3.8, 4) is 11.8 Å². The number of ether oxygens (including phenoxy) is 2. The molecule has 0 saturated heterocycles. The van der Waals surface area contributed by atoms with Crippen molar-refractivity contribution in [3.05, 3.63) is 40.4 Å². The molecule has 0 aliphatic carbocycles. The molecular weight excluding hydrogens is 282 g/mol. The van der Waals surface area contributed by atoms with E-state index in [1.54, 1.807) is 13.2 Å². The van der Waals surface area contributed by atoms with Crippen LogP contribution in [0.15, 0.2) is 34.8 Å². The van der Waals surface area contributed by atoms with E-state index in [0.717, 1.165) is 15.2 Å². The molecule has 0 amide bonds. The minimum atomic E-state index is 0.171. The Hall–Kier alpha value is -1.57. The van der Waals surface area contributed by atoms with Gasteiger partial charge in [0.1, 0.15) is 5.75 Å². The molecule has 0 bridgehead atoms. The van der Waals surface area contributed by atoms with Crippen LogP contribution in [0.1, 0.15) is 5.56 Å². The minimum absolute atomic E-state index is 0.171. The predicted molar refractivity (Wildman–Crippen MR) is 68.9 cm³/mol. The van der Waals surface area contributed by atoms with E-state index in [-0.39, 0.29) is 6.79 Å². The first-order chi connectivity index (χ1) is 8.26. The van der Waals surface area contributed by atoms with Gasteiger partial charge in [-0.2, -0.15) is 5.26 Å². The van der Waals surface area contributed by atoms with Gasteiger partial charge >= 0.3 is 0 Å². The van der Waals surface area contributed by atoms with Crippen molar-refractivity contribution in [2.24, 2.45) is 0 Å². The topological polar surface area (TPSA) is 42.2 Å². The maximum Gasteiger partial charge on any atom is 0.188 e. The third kappa shape index (κ3) is 2.41. The Morgan fingerprint density at radius 3 is 2.88 bits per heavy atom. The van der Waals surface area contributed by atoms with E-state index in [2.05, 4.69) is 22.0 Å². The molecule has 0 atom stereocenters. The first kappa shape index (κ1) is 11.9. The maximum atomic E-state index is 9.15. The lowest BCUT2D eigenvalue weighted by molar-refractivity contribution is 0.0512. The lowest BCUT2D eigenvalue weighted by atomic mass is 10.1. The fourth-order valence-corrected chi connectivity index (χ4v) is 2.25. The summed E-state index contributed by atoms with van der Waals surface area (Å²) in [6.45, 7) is 0.171. The van der Waals surface area contributed by atoms with Gasteiger partial charge in [-0.3, -0.25) is 0 Å². The molecule has 0 spiro atoms. The number of benzene rings is 2. The second-order valence-corrected chi connectivity index (χ2v) is 4.33. The molecule has 0 aliphatic heterocycles. The molecule has 86 valence electrons. The molecule has 0 aliphatic rings. The first-order valence-corrected chi connectivity index (χ1v) is 5.79. The summed E-state index contributed by atoms with van der Waals surface area (Å²) < 4.78 is 11.1. The van der Waals surface area contributed by atoms with Crippen LogP contribution in [0.2, 0.25) is 0 Å². The molecule has 2 rings (SSSR count). The van der Waals surface area contributed by atoms with Crippen LogP contribution in [0.25, 0.3) is 10.8 Å². The smallest absolute Gasteiger partial charge is 0.188 e. The Bertz CT molecular complexity index is 590. The number of halogens is 1. The van der Waals surface area contributed by atoms with E-state index in [1.807, 2.05) is 24.3 Å². The first-order valence-electron chi connectivity index (χ1n) is 5.00. The largest absolute Gasteiger partial charge is 0.468 e. The summed E-state index contributed by atoms with van der Waals surface area (Å²) in [6.07, 6.45) is 0. The molecule has 0 aromatic heterocycles. The van der Waals surface area contributed by atoms with Gasteiger partial charge in [-0.15, -0.1) is 0 Å². The average Bonchev–Trinajstić information content (AvgIpc) is 2.35. The van der Waals surface area contributed by atoms with Crippen LogP contribution in [0.5, 0.6) is 5.75 Å². The van der Waals surface area contributed by atoms with Gasteiger partial charge in [-0.05, 0) is 23.6 Å². The van der Waals surface area contributed by atoms with Crippen LogP contribution in [0.3, 0.4) is 0 Å². The van der Waals surface area contributed by atoms with Gasteiger partial charge in [0.05, 0.1) is 11.6 Å². The molecule has 0 saturated carbocycles. The van der Waals surface area contributed by atoms with E-state index in [4.69, 9.17) is 14.7 Å².